The van der Waals surface area contributed by atoms with E-state index in [0.717, 1.165) is 31.5 Å². The molecule has 4 nitrogen and oxygen atoms in total. The number of hydrogen-bond donors (Lipinski definition) is 1. The van der Waals surface area contributed by atoms with E-state index < -0.39 is 0 Å². The zero-order chi connectivity index (χ0) is 11.5. The summed E-state index contributed by atoms with van der Waals surface area (Å²) in [6, 6.07) is 1.90. The van der Waals surface area contributed by atoms with Gasteiger partial charge >= 0.3 is 0 Å². The third-order valence-corrected chi connectivity index (χ3v) is 2.96. The summed E-state index contributed by atoms with van der Waals surface area (Å²) in [5.41, 5.74) is 7.57. The van der Waals surface area contributed by atoms with Crippen LogP contribution in [0.15, 0.2) is 12.3 Å². The fraction of sp³-hybridized carbons (Fsp3) is 0.583. The number of pyridine rings is 1. The number of likely N-dealkylation sites (tertiary alicyclic amines) is 1. The van der Waals surface area contributed by atoms with E-state index in [0.29, 0.717) is 11.6 Å². The molecule has 16 heavy (non-hydrogen) atoms. The van der Waals surface area contributed by atoms with Crippen molar-refractivity contribution in [1.29, 1.82) is 0 Å². The average Bonchev–Trinajstić information content (AvgIpc) is 2.25. The molecule has 1 aliphatic rings. The van der Waals surface area contributed by atoms with E-state index >= 15 is 0 Å². The number of nitrogens with zero attached hydrogens (tertiary/aromatic N) is 2. The van der Waals surface area contributed by atoms with Crippen LogP contribution in [0.25, 0.3) is 0 Å². The van der Waals surface area contributed by atoms with Crippen molar-refractivity contribution in [3.63, 3.8) is 0 Å². The molecule has 4 heteroatoms. The molecule has 1 aromatic heterocycles. The van der Waals surface area contributed by atoms with Gasteiger partial charge in [0.25, 0.3) is 0 Å². The molecule has 2 N–H and O–H groups in total. The first-order valence-electron chi connectivity index (χ1n) is 5.72. The Labute approximate surface area is 96.4 Å². The number of rotatable bonds is 2. The van der Waals surface area contributed by atoms with E-state index in [1.54, 1.807) is 6.20 Å². The summed E-state index contributed by atoms with van der Waals surface area (Å²) < 4.78 is 5.83. The molecule has 0 aliphatic carbocycles. The Morgan fingerprint density at radius 3 is 2.75 bits per heavy atom. The van der Waals surface area contributed by atoms with Crippen LogP contribution in [0.1, 0.15) is 18.4 Å². The standard InChI is InChI=1S/C12H19N3O/c1-9-7-11(13)12(14-8-9)16-10-3-5-15(2)6-4-10/h7-8,10H,3-6,13H2,1-2H3. The van der Waals surface area contributed by atoms with Gasteiger partial charge in [-0.2, -0.15) is 0 Å². The third kappa shape index (κ3) is 2.64. The summed E-state index contributed by atoms with van der Waals surface area (Å²) in [5.74, 6) is 0.583. The minimum absolute atomic E-state index is 0.258. The maximum Gasteiger partial charge on any atom is 0.237 e. The van der Waals surface area contributed by atoms with Gasteiger partial charge in [-0.25, -0.2) is 4.98 Å². The van der Waals surface area contributed by atoms with E-state index in [-0.39, 0.29) is 6.10 Å². The summed E-state index contributed by atoms with van der Waals surface area (Å²) in [4.78, 5) is 6.54. The molecular weight excluding hydrogens is 202 g/mol. The fourth-order valence-electron chi connectivity index (χ4n) is 1.94. The van der Waals surface area contributed by atoms with E-state index in [1.807, 2.05) is 13.0 Å². The molecule has 0 unspecified atom stereocenters. The Morgan fingerprint density at radius 1 is 1.44 bits per heavy atom. The maximum absolute atomic E-state index is 5.87. The number of ether oxygens (including phenoxy) is 1. The molecule has 0 radical (unpaired) electrons. The van der Waals surface area contributed by atoms with E-state index in [2.05, 4.69) is 16.9 Å². The Balaban J connectivity index is 1.98. The lowest BCUT2D eigenvalue weighted by molar-refractivity contribution is 0.111. The second kappa shape index (κ2) is 4.70. The van der Waals surface area contributed by atoms with Crippen molar-refractivity contribution in [2.45, 2.75) is 25.9 Å². The quantitative estimate of drug-likeness (QED) is 0.821. The van der Waals surface area contributed by atoms with Gasteiger partial charge in [-0.15, -0.1) is 0 Å². The molecule has 1 saturated heterocycles. The first-order chi connectivity index (χ1) is 7.65. The lowest BCUT2D eigenvalue weighted by Gasteiger charge is -2.29. The SMILES string of the molecule is Cc1cnc(OC2CCN(C)CC2)c(N)c1. The van der Waals surface area contributed by atoms with Crippen LogP contribution in [0.2, 0.25) is 0 Å². The highest BCUT2D eigenvalue weighted by atomic mass is 16.5. The number of nitrogens with two attached hydrogens (primary N) is 1. The molecule has 88 valence electrons. The normalized spacial score (nSPS) is 18.6. The van der Waals surface area contributed by atoms with Gasteiger partial charge in [0.1, 0.15) is 6.10 Å². The lowest BCUT2D eigenvalue weighted by atomic mass is 10.1. The first kappa shape index (κ1) is 11.2. The van der Waals surface area contributed by atoms with Gasteiger partial charge in [-0.05, 0) is 38.4 Å². The molecule has 0 aromatic carbocycles. The maximum atomic E-state index is 5.87. The molecule has 1 aliphatic heterocycles. The van der Waals surface area contributed by atoms with Gasteiger partial charge in [-0.1, -0.05) is 0 Å². The number of nitrogen functional groups attached to an aromatic ring is 1. The summed E-state index contributed by atoms with van der Waals surface area (Å²) >= 11 is 0. The number of anilines is 1. The van der Waals surface area contributed by atoms with E-state index in [4.69, 9.17) is 10.5 Å². The zero-order valence-corrected chi connectivity index (χ0v) is 9.94. The van der Waals surface area contributed by atoms with Crippen LogP contribution in [0.5, 0.6) is 5.88 Å². The Kier molecular flexibility index (Phi) is 3.29. The largest absolute Gasteiger partial charge is 0.473 e. The van der Waals surface area contributed by atoms with Crippen molar-refractivity contribution in [3.8, 4) is 5.88 Å². The fourth-order valence-corrected chi connectivity index (χ4v) is 1.94. The highest BCUT2D eigenvalue weighted by Gasteiger charge is 2.19. The van der Waals surface area contributed by atoms with Gasteiger partial charge in [0.2, 0.25) is 5.88 Å². The van der Waals surface area contributed by atoms with Crippen LogP contribution < -0.4 is 10.5 Å². The molecule has 2 heterocycles. The summed E-state index contributed by atoms with van der Waals surface area (Å²) in [6.45, 7) is 4.13. The monoisotopic (exact) mass is 221 g/mol. The number of aromatic nitrogens is 1. The predicted molar refractivity (Wildman–Crippen MR) is 64.5 cm³/mol. The van der Waals surface area contributed by atoms with Crippen LogP contribution >= 0.6 is 0 Å². The van der Waals surface area contributed by atoms with Crippen molar-refractivity contribution in [2.24, 2.45) is 0 Å². The van der Waals surface area contributed by atoms with Crippen molar-refractivity contribution < 1.29 is 4.74 Å². The van der Waals surface area contributed by atoms with Crippen LogP contribution in [0.4, 0.5) is 5.69 Å². The molecule has 2 rings (SSSR count). The molecule has 1 fully saturated rings. The summed E-state index contributed by atoms with van der Waals surface area (Å²) in [5, 5.41) is 0. The Morgan fingerprint density at radius 2 is 2.12 bits per heavy atom. The topological polar surface area (TPSA) is 51.4 Å². The molecule has 0 amide bonds. The molecule has 0 saturated carbocycles. The molecule has 1 aromatic rings. The second-order valence-corrected chi connectivity index (χ2v) is 4.53. The number of aryl methyl sites for hydroxylation is 1. The second-order valence-electron chi connectivity index (χ2n) is 4.53. The van der Waals surface area contributed by atoms with Crippen molar-refractivity contribution in [1.82, 2.24) is 9.88 Å². The minimum atomic E-state index is 0.258. The van der Waals surface area contributed by atoms with Gasteiger partial charge in [0, 0.05) is 19.3 Å². The van der Waals surface area contributed by atoms with Gasteiger partial charge in [-0.3, -0.25) is 0 Å². The van der Waals surface area contributed by atoms with Crippen LogP contribution in [-0.4, -0.2) is 36.1 Å². The summed E-state index contributed by atoms with van der Waals surface area (Å²) in [7, 11) is 2.13. The van der Waals surface area contributed by atoms with Gasteiger partial charge in [0.15, 0.2) is 0 Å². The highest BCUT2D eigenvalue weighted by molar-refractivity contribution is 5.49. The van der Waals surface area contributed by atoms with Crippen LogP contribution in [0.3, 0.4) is 0 Å². The van der Waals surface area contributed by atoms with E-state index in [1.165, 1.54) is 0 Å². The zero-order valence-electron chi connectivity index (χ0n) is 9.94. The van der Waals surface area contributed by atoms with Crippen molar-refractivity contribution in [3.05, 3.63) is 17.8 Å². The van der Waals surface area contributed by atoms with E-state index in [9.17, 15) is 0 Å². The number of hydrogen-bond acceptors (Lipinski definition) is 4. The molecule has 0 bridgehead atoms. The minimum Gasteiger partial charge on any atom is -0.473 e. The third-order valence-electron chi connectivity index (χ3n) is 2.96. The molecule has 0 spiro atoms. The Hall–Kier alpha value is -1.29. The van der Waals surface area contributed by atoms with Crippen molar-refractivity contribution in [2.75, 3.05) is 25.9 Å². The van der Waals surface area contributed by atoms with Gasteiger partial charge in [0.05, 0.1) is 5.69 Å². The lowest BCUT2D eigenvalue weighted by Crippen LogP contribution is -2.35. The first-order valence-corrected chi connectivity index (χ1v) is 5.72. The van der Waals surface area contributed by atoms with Crippen LogP contribution in [-0.2, 0) is 0 Å². The average molecular weight is 221 g/mol. The number of piperidine rings is 1. The predicted octanol–water partition coefficient (Wildman–Crippen LogP) is 1.45. The highest BCUT2D eigenvalue weighted by Crippen LogP contribution is 2.22. The smallest absolute Gasteiger partial charge is 0.237 e. The van der Waals surface area contributed by atoms with Crippen LogP contribution in [0, 0.1) is 6.92 Å². The van der Waals surface area contributed by atoms with Gasteiger partial charge < -0.3 is 15.4 Å². The Bertz CT molecular complexity index is 359. The summed E-state index contributed by atoms with van der Waals surface area (Å²) in [6.07, 6.45) is 4.14. The molecule has 0 atom stereocenters. The molecular formula is C12H19N3O. The van der Waals surface area contributed by atoms with Crippen molar-refractivity contribution >= 4 is 5.69 Å².